The molecule has 7 nitrogen and oxygen atoms in total. The van der Waals surface area contributed by atoms with Crippen LogP contribution in [0.25, 0.3) is 10.9 Å². The first-order chi connectivity index (χ1) is 15.0. The summed E-state index contributed by atoms with van der Waals surface area (Å²) in [6.07, 6.45) is 0. The summed E-state index contributed by atoms with van der Waals surface area (Å²) in [5.74, 6) is 1.52. The molecule has 1 heterocycles. The van der Waals surface area contributed by atoms with Crippen LogP contribution in [0.3, 0.4) is 0 Å². The number of H-pyrrole nitrogens is 1. The quantitative estimate of drug-likeness (QED) is 0.390. The molecule has 31 heavy (non-hydrogen) atoms. The van der Waals surface area contributed by atoms with Crippen molar-refractivity contribution in [1.82, 2.24) is 15.2 Å². The molecule has 0 bridgehead atoms. The van der Waals surface area contributed by atoms with Crippen molar-refractivity contribution in [3.63, 3.8) is 0 Å². The van der Waals surface area contributed by atoms with Crippen LogP contribution >= 0.6 is 12.2 Å². The maximum atomic E-state index is 12.7. The molecule has 3 rings (SSSR count). The van der Waals surface area contributed by atoms with Crippen LogP contribution in [0.2, 0.25) is 0 Å². The molecule has 2 N–H and O–H groups in total. The summed E-state index contributed by atoms with van der Waals surface area (Å²) in [5, 5.41) is 4.65. The Hall–Kier alpha value is -3.10. The van der Waals surface area contributed by atoms with Crippen LogP contribution in [-0.4, -0.2) is 49.5 Å². The summed E-state index contributed by atoms with van der Waals surface area (Å²) in [4.78, 5) is 17.6. The number of nitrogens with one attached hydrogen (secondary N) is 2. The third kappa shape index (κ3) is 5.96. The fourth-order valence-corrected chi connectivity index (χ4v) is 3.43. The number of aromatic nitrogens is 1. The maximum Gasteiger partial charge on any atom is 0.253 e. The average Bonchev–Trinajstić information content (AvgIpc) is 2.79. The summed E-state index contributed by atoms with van der Waals surface area (Å²) in [7, 11) is 4.90. The Kier molecular flexibility index (Phi) is 7.86. The van der Waals surface area contributed by atoms with Crippen molar-refractivity contribution in [2.24, 2.45) is 0 Å². The molecular formula is C23H27N3O4S. The standard InChI is InChI=1S/C23H27N3O4S/c1-28-11-10-24-23(31)26(14-16-4-6-19(29-2)7-5-16)15-18-12-17-13-20(30-3)8-9-21(17)25-22(18)27/h4-9,12-13H,10-11,14-15H2,1-3H3,(H,24,31)(H,25,27). The van der Waals surface area contributed by atoms with E-state index in [-0.39, 0.29) is 5.56 Å². The number of ether oxygens (including phenoxy) is 3. The van der Waals surface area contributed by atoms with Gasteiger partial charge in [-0.1, -0.05) is 12.1 Å². The smallest absolute Gasteiger partial charge is 0.253 e. The highest BCUT2D eigenvalue weighted by molar-refractivity contribution is 7.80. The maximum absolute atomic E-state index is 12.7. The number of thiocarbonyl (C=S) groups is 1. The number of aromatic amines is 1. The lowest BCUT2D eigenvalue weighted by Crippen LogP contribution is -2.41. The molecular weight excluding hydrogens is 414 g/mol. The van der Waals surface area contributed by atoms with E-state index >= 15 is 0 Å². The van der Waals surface area contributed by atoms with Gasteiger partial charge in [0.1, 0.15) is 11.5 Å². The van der Waals surface area contributed by atoms with Gasteiger partial charge in [-0.3, -0.25) is 4.79 Å². The minimum Gasteiger partial charge on any atom is -0.497 e. The van der Waals surface area contributed by atoms with E-state index in [1.807, 2.05) is 53.4 Å². The van der Waals surface area contributed by atoms with E-state index in [0.29, 0.717) is 36.9 Å². The van der Waals surface area contributed by atoms with E-state index in [2.05, 4.69) is 10.3 Å². The number of methoxy groups -OCH3 is 3. The highest BCUT2D eigenvalue weighted by Crippen LogP contribution is 2.20. The zero-order chi connectivity index (χ0) is 22.2. The Morgan fingerprint density at radius 1 is 1.00 bits per heavy atom. The molecule has 0 spiro atoms. The summed E-state index contributed by atoms with van der Waals surface area (Å²) in [6.45, 7) is 2.01. The van der Waals surface area contributed by atoms with Gasteiger partial charge in [-0.15, -0.1) is 0 Å². The Labute approximate surface area is 186 Å². The summed E-state index contributed by atoms with van der Waals surface area (Å²) in [5.41, 5.74) is 2.29. The van der Waals surface area contributed by atoms with E-state index in [1.165, 1.54) is 0 Å². The van der Waals surface area contributed by atoms with Crippen LogP contribution in [0.5, 0.6) is 11.5 Å². The van der Waals surface area contributed by atoms with Gasteiger partial charge in [-0.2, -0.15) is 0 Å². The fraction of sp³-hybridized carbons (Fsp3) is 0.304. The number of hydrogen-bond acceptors (Lipinski definition) is 5. The first kappa shape index (κ1) is 22.6. The predicted octanol–water partition coefficient (Wildman–Crippen LogP) is 3.07. The molecule has 0 aliphatic rings. The van der Waals surface area contributed by atoms with Crippen molar-refractivity contribution in [2.75, 3.05) is 34.5 Å². The minimum atomic E-state index is -0.142. The Morgan fingerprint density at radius 2 is 1.71 bits per heavy atom. The zero-order valence-corrected chi connectivity index (χ0v) is 18.8. The van der Waals surface area contributed by atoms with Crippen LogP contribution in [0.4, 0.5) is 0 Å². The number of benzene rings is 2. The monoisotopic (exact) mass is 441 g/mol. The van der Waals surface area contributed by atoms with E-state index in [4.69, 9.17) is 26.4 Å². The van der Waals surface area contributed by atoms with Gasteiger partial charge in [-0.05, 0) is 54.2 Å². The van der Waals surface area contributed by atoms with Gasteiger partial charge in [0.15, 0.2) is 5.11 Å². The van der Waals surface area contributed by atoms with Crippen molar-refractivity contribution >= 4 is 28.2 Å². The number of nitrogens with zero attached hydrogens (tertiary/aromatic N) is 1. The van der Waals surface area contributed by atoms with Gasteiger partial charge >= 0.3 is 0 Å². The molecule has 0 aliphatic heterocycles. The SMILES string of the molecule is COCCNC(=S)N(Cc1ccc(OC)cc1)Cc1cc2cc(OC)ccc2[nH]c1=O. The Morgan fingerprint density at radius 3 is 2.39 bits per heavy atom. The predicted molar refractivity (Wildman–Crippen MR) is 126 cm³/mol. The van der Waals surface area contributed by atoms with E-state index < -0.39 is 0 Å². The highest BCUT2D eigenvalue weighted by atomic mass is 32.1. The molecule has 0 saturated heterocycles. The van der Waals surface area contributed by atoms with E-state index in [1.54, 1.807) is 21.3 Å². The van der Waals surface area contributed by atoms with Crippen molar-refractivity contribution < 1.29 is 14.2 Å². The largest absolute Gasteiger partial charge is 0.497 e. The lowest BCUT2D eigenvalue weighted by molar-refractivity contribution is 0.202. The molecule has 164 valence electrons. The minimum absolute atomic E-state index is 0.142. The second kappa shape index (κ2) is 10.8. The fourth-order valence-electron chi connectivity index (χ4n) is 3.20. The molecule has 0 amide bonds. The zero-order valence-electron chi connectivity index (χ0n) is 17.9. The van der Waals surface area contributed by atoms with Crippen molar-refractivity contribution in [3.05, 3.63) is 70.0 Å². The average molecular weight is 442 g/mol. The van der Waals surface area contributed by atoms with Gasteiger partial charge in [0.25, 0.3) is 5.56 Å². The molecule has 1 aromatic heterocycles. The molecule has 0 fully saturated rings. The molecule has 3 aromatic rings. The highest BCUT2D eigenvalue weighted by Gasteiger charge is 2.14. The molecule has 0 atom stereocenters. The van der Waals surface area contributed by atoms with Gasteiger partial charge < -0.3 is 29.4 Å². The van der Waals surface area contributed by atoms with Gasteiger partial charge in [-0.25, -0.2) is 0 Å². The Bertz CT molecular complexity index is 1080. The van der Waals surface area contributed by atoms with Gasteiger partial charge in [0.2, 0.25) is 0 Å². The molecule has 8 heteroatoms. The first-order valence-corrected chi connectivity index (χ1v) is 10.3. The van der Waals surface area contributed by atoms with Gasteiger partial charge in [0.05, 0.1) is 27.4 Å². The third-order valence-electron chi connectivity index (χ3n) is 4.89. The Balaban J connectivity index is 1.87. The van der Waals surface area contributed by atoms with Gasteiger partial charge in [0, 0.05) is 36.7 Å². The van der Waals surface area contributed by atoms with Crippen molar-refractivity contribution in [2.45, 2.75) is 13.1 Å². The number of pyridine rings is 1. The number of hydrogen-bond donors (Lipinski definition) is 2. The lowest BCUT2D eigenvalue weighted by Gasteiger charge is -2.26. The van der Waals surface area contributed by atoms with Crippen LogP contribution in [0, 0.1) is 0 Å². The van der Waals surface area contributed by atoms with Crippen LogP contribution in [0.1, 0.15) is 11.1 Å². The summed E-state index contributed by atoms with van der Waals surface area (Å²) < 4.78 is 15.6. The number of rotatable bonds is 9. The second-order valence-electron chi connectivity index (χ2n) is 7.01. The lowest BCUT2D eigenvalue weighted by atomic mass is 10.1. The van der Waals surface area contributed by atoms with E-state index in [0.717, 1.165) is 28.0 Å². The molecule has 2 aromatic carbocycles. The normalized spacial score (nSPS) is 10.7. The van der Waals surface area contributed by atoms with Crippen molar-refractivity contribution in [1.29, 1.82) is 0 Å². The summed E-state index contributed by atoms with van der Waals surface area (Å²) >= 11 is 5.62. The van der Waals surface area contributed by atoms with E-state index in [9.17, 15) is 4.79 Å². The second-order valence-corrected chi connectivity index (χ2v) is 7.39. The number of fused-ring (bicyclic) bond motifs is 1. The summed E-state index contributed by atoms with van der Waals surface area (Å²) in [6, 6.07) is 15.2. The molecule has 0 radical (unpaired) electrons. The van der Waals surface area contributed by atoms with Crippen LogP contribution < -0.4 is 20.3 Å². The van der Waals surface area contributed by atoms with Crippen LogP contribution in [-0.2, 0) is 17.8 Å². The molecule has 0 unspecified atom stereocenters. The molecule has 0 saturated carbocycles. The third-order valence-corrected chi connectivity index (χ3v) is 5.29. The van der Waals surface area contributed by atoms with Crippen LogP contribution in [0.15, 0.2) is 53.3 Å². The van der Waals surface area contributed by atoms with Crippen molar-refractivity contribution in [3.8, 4) is 11.5 Å². The first-order valence-electron chi connectivity index (χ1n) is 9.88. The topological polar surface area (TPSA) is 75.8 Å². The molecule has 0 aliphatic carbocycles.